The molecule has 0 aliphatic heterocycles. The number of halogens is 4. The Labute approximate surface area is 133 Å². The van der Waals surface area contributed by atoms with E-state index in [0.717, 1.165) is 11.1 Å². The first-order valence-corrected chi connectivity index (χ1v) is 7.80. The summed E-state index contributed by atoms with van der Waals surface area (Å²) in [5, 5.41) is 1.20. The van der Waals surface area contributed by atoms with Crippen molar-refractivity contribution >= 4 is 43.5 Å². The molecule has 0 saturated heterocycles. The van der Waals surface area contributed by atoms with Crippen LogP contribution in [0.15, 0.2) is 40.9 Å². The van der Waals surface area contributed by atoms with Gasteiger partial charge in [0.25, 0.3) is 0 Å². The van der Waals surface area contributed by atoms with E-state index in [0.29, 0.717) is 20.6 Å². The number of hydrogen-bond acceptors (Lipinski definition) is 1. The minimum absolute atomic E-state index is 0.264. The summed E-state index contributed by atoms with van der Waals surface area (Å²) in [5.74, 6) is 0.328. The zero-order chi connectivity index (χ0) is 13.8. The first-order chi connectivity index (χ1) is 9.10. The van der Waals surface area contributed by atoms with Crippen molar-refractivity contribution < 1.29 is 9.13 Å². The maximum Gasteiger partial charge on any atom is 0.142 e. The lowest BCUT2D eigenvalue weighted by Gasteiger charge is -2.12. The molecule has 0 aliphatic rings. The van der Waals surface area contributed by atoms with Crippen LogP contribution in [0.3, 0.4) is 0 Å². The van der Waals surface area contributed by atoms with E-state index < -0.39 is 0 Å². The van der Waals surface area contributed by atoms with Crippen LogP contribution in [0.25, 0.3) is 0 Å². The normalized spacial score (nSPS) is 10.5. The van der Waals surface area contributed by atoms with Gasteiger partial charge in [0.15, 0.2) is 0 Å². The molecule has 0 radical (unpaired) electrons. The highest BCUT2D eigenvalue weighted by molar-refractivity contribution is 9.10. The summed E-state index contributed by atoms with van der Waals surface area (Å²) in [6, 6.07) is 10.2. The van der Waals surface area contributed by atoms with Gasteiger partial charge in [0.05, 0.1) is 5.02 Å². The number of benzene rings is 2. The number of ether oxygens (including phenoxy) is 1. The van der Waals surface area contributed by atoms with E-state index in [9.17, 15) is 4.39 Å². The highest BCUT2D eigenvalue weighted by Crippen LogP contribution is 2.31. The summed E-state index contributed by atoms with van der Waals surface area (Å²) >= 11 is 12.7. The van der Waals surface area contributed by atoms with Gasteiger partial charge in [0, 0.05) is 15.4 Å². The lowest BCUT2D eigenvalue weighted by molar-refractivity contribution is 0.303. The van der Waals surface area contributed by atoms with Crippen molar-refractivity contribution in [2.45, 2.75) is 11.9 Å². The van der Waals surface area contributed by atoms with E-state index >= 15 is 0 Å². The van der Waals surface area contributed by atoms with Gasteiger partial charge >= 0.3 is 0 Å². The second-order valence-electron chi connectivity index (χ2n) is 3.93. The van der Waals surface area contributed by atoms with Crippen molar-refractivity contribution in [1.29, 1.82) is 0 Å². The predicted molar refractivity (Wildman–Crippen MR) is 82.5 cm³/mol. The summed E-state index contributed by atoms with van der Waals surface area (Å²) in [5.41, 5.74) is 1.70. The van der Waals surface area contributed by atoms with E-state index in [1.54, 1.807) is 6.07 Å². The fraction of sp³-hybridized carbons (Fsp3) is 0.143. The van der Waals surface area contributed by atoms with Gasteiger partial charge in [0.2, 0.25) is 0 Å². The van der Waals surface area contributed by atoms with Gasteiger partial charge in [-0.3, -0.25) is 0 Å². The van der Waals surface area contributed by atoms with E-state index in [1.807, 2.05) is 18.2 Å². The molecule has 0 bridgehead atoms. The van der Waals surface area contributed by atoms with Crippen molar-refractivity contribution in [3.63, 3.8) is 0 Å². The first-order valence-electron chi connectivity index (χ1n) is 5.51. The Morgan fingerprint density at radius 1 is 1.21 bits per heavy atom. The molecule has 0 saturated carbocycles. The zero-order valence-electron chi connectivity index (χ0n) is 9.80. The molecule has 2 aromatic rings. The van der Waals surface area contributed by atoms with E-state index in [-0.39, 0.29) is 12.4 Å². The molecule has 0 unspecified atom stereocenters. The van der Waals surface area contributed by atoms with Crippen LogP contribution in [0.2, 0.25) is 5.02 Å². The van der Waals surface area contributed by atoms with Gasteiger partial charge in [-0.25, -0.2) is 4.39 Å². The SMILES string of the molecule is Fc1cc(Br)cc(COc2c(Cl)cccc2CBr)c1. The van der Waals surface area contributed by atoms with Crippen LogP contribution in [0.4, 0.5) is 4.39 Å². The predicted octanol–water partition coefficient (Wildman–Crippen LogP) is 5.72. The lowest BCUT2D eigenvalue weighted by Crippen LogP contribution is -1.99. The Bertz CT molecular complexity index is 569. The molecule has 19 heavy (non-hydrogen) atoms. The topological polar surface area (TPSA) is 9.23 Å². The molecule has 0 aromatic heterocycles. The van der Waals surface area contributed by atoms with Crippen LogP contribution >= 0.6 is 43.5 Å². The molecule has 0 fully saturated rings. The van der Waals surface area contributed by atoms with Gasteiger partial charge in [-0.05, 0) is 29.8 Å². The fourth-order valence-electron chi connectivity index (χ4n) is 1.67. The molecule has 0 aliphatic carbocycles. The second-order valence-corrected chi connectivity index (χ2v) is 5.81. The highest BCUT2D eigenvalue weighted by atomic mass is 79.9. The molecular weight excluding hydrogens is 398 g/mol. The number of alkyl halides is 1. The monoisotopic (exact) mass is 406 g/mol. The Kier molecular flexibility index (Phi) is 5.25. The van der Waals surface area contributed by atoms with Crippen molar-refractivity contribution in [2.24, 2.45) is 0 Å². The summed E-state index contributed by atoms with van der Waals surface area (Å²) in [6.07, 6.45) is 0. The van der Waals surface area contributed by atoms with Crippen LogP contribution in [0.1, 0.15) is 11.1 Å². The van der Waals surface area contributed by atoms with Crippen LogP contribution in [0, 0.1) is 5.82 Å². The van der Waals surface area contributed by atoms with Crippen LogP contribution in [-0.2, 0) is 11.9 Å². The molecule has 2 rings (SSSR count). The molecule has 0 N–H and O–H groups in total. The van der Waals surface area contributed by atoms with Gasteiger partial charge in [-0.2, -0.15) is 0 Å². The molecule has 0 atom stereocenters. The Morgan fingerprint density at radius 2 is 2.00 bits per heavy atom. The largest absolute Gasteiger partial charge is 0.487 e. The summed E-state index contributed by atoms with van der Waals surface area (Å²) < 4.78 is 19.7. The van der Waals surface area contributed by atoms with Gasteiger partial charge in [0.1, 0.15) is 18.2 Å². The average molecular weight is 408 g/mol. The Hall–Kier alpha value is -0.580. The zero-order valence-corrected chi connectivity index (χ0v) is 13.7. The summed E-state index contributed by atoms with van der Waals surface area (Å²) in [7, 11) is 0. The van der Waals surface area contributed by atoms with E-state index in [4.69, 9.17) is 16.3 Å². The molecular formula is C14H10Br2ClFO. The highest BCUT2D eigenvalue weighted by Gasteiger charge is 2.08. The standard InChI is InChI=1S/C14H10Br2ClFO/c15-7-10-2-1-3-13(17)14(10)19-8-9-4-11(16)6-12(18)5-9/h1-6H,7-8H2. The maximum absolute atomic E-state index is 13.3. The van der Waals surface area contributed by atoms with Crippen molar-refractivity contribution in [3.8, 4) is 5.75 Å². The van der Waals surface area contributed by atoms with Crippen molar-refractivity contribution in [1.82, 2.24) is 0 Å². The quantitative estimate of drug-likeness (QED) is 0.589. The van der Waals surface area contributed by atoms with Gasteiger partial charge < -0.3 is 4.74 Å². The minimum Gasteiger partial charge on any atom is -0.487 e. The first kappa shape index (κ1) is 14.8. The third kappa shape index (κ3) is 3.94. The Balaban J connectivity index is 2.18. The molecule has 0 spiro atoms. The van der Waals surface area contributed by atoms with Crippen molar-refractivity contribution in [3.05, 3.63) is 62.8 Å². The van der Waals surface area contributed by atoms with Gasteiger partial charge in [-0.1, -0.05) is 55.6 Å². The molecule has 0 amide bonds. The maximum atomic E-state index is 13.3. The van der Waals surface area contributed by atoms with Crippen molar-refractivity contribution in [2.75, 3.05) is 0 Å². The van der Waals surface area contributed by atoms with Crippen LogP contribution < -0.4 is 4.74 Å². The fourth-order valence-corrected chi connectivity index (χ4v) is 2.87. The third-order valence-corrected chi connectivity index (χ3v) is 3.86. The van der Waals surface area contributed by atoms with Crippen LogP contribution in [-0.4, -0.2) is 0 Å². The smallest absolute Gasteiger partial charge is 0.142 e. The van der Waals surface area contributed by atoms with Gasteiger partial charge in [-0.15, -0.1) is 0 Å². The molecule has 2 aromatic carbocycles. The Morgan fingerprint density at radius 3 is 2.68 bits per heavy atom. The summed E-state index contributed by atoms with van der Waals surface area (Å²) in [4.78, 5) is 0. The molecule has 100 valence electrons. The molecule has 1 nitrogen and oxygen atoms in total. The number of para-hydroxylation sites is 1. The average Bonchev–Trinajstić information content (AvgIpc) is 2.36. The molecule has 5 heteroatoms. The molecule has 0 heterocycles. The van der Waals surface area contributed by atoms with Crippen LogP contribution in [0.5, 0.6) is 5.75 Å². The third-order valence-electron chi connectivity index (χ3n) is 2.50. The lowest BCUT2D eigenvalue weighted by atomic mass is 10.2. The minimum atomic E-state index is -0.298. The van der Waals surface area contributed by atoms with E-state index in [2.05, 4.69) is 31.9 Å². The van der Waals surface area contributed by atoms with E-state index in [1.165, 1.54) is 12.1 Å². The number of hydrogen-bond donors (Lipinski definition) is 0. The summed E-state index contributed by atoms with van der Waals surface area (Å²) in [6.45, 7) is 0.264. The second kappa shape index (κ2) is 6.73. The number of rotatable bonds is 4.